The first kappa shape index (κ1) is 14.5. The molecule has 1 aromatic heterocycles. The first-order valence-electron chi connectivity index (χ1n) is 7.22. The van der Waals surface area contributed by atoms with E-state index in [1.54, 1.807) is 12.1 Å². The van der Waals surface area contributed by atoms with Gasteiger partial charge in [0.2, 0.25) is 0 Å². The van der Waals surface area contributed by atoms with Gasteiger partial charge in [-0.1, -0.05) is 0 Å². The van der Waals surface area contributed by atoms with Crippen LogP contribution in [0, 0.1) is 17.0 Å². The molecule has 1 aliphatic heterocycles. The summed E-state index contributed by atoms with van der Waals surface area (Å²) in [5, 5.41) is 15.0. The number of nitro groups is 1. The Morgan fingerprint density at radius 2 is 2.18 bits per heavy atom. The summed E-state index contributed by atoms with van der Waals surface area (Å²) in [5.74, 6) is 0. The summed E-state index contributed by atoms with van der Waals surface area (Å²) in [6.45, 7) is 4.89. The monoisotopic (exact) mass is 302 g/mol. The third kappa shape index (κ3) is 3.25. The zero-order chi connectivity index (χ0) is 15.5. The van der Waals surface area contributed by atoms with Crippen molar-refractivity contribution in [3.8, 4) is 0 Å². The highest BCUT2D eigenvalue weighted by atomic mass is 16.6. The number of aromatic nitrogens is 2. The van der Waals surface area contributed by atoms with Crippen LogP contribution in [0.4, 0.5) is 11.4 Å². The molecule has 1 unspecified atom stereocenters. The van der Waals surface area contributed by atoms with E-state index in [-0.39, 0.29) is 16.7 Å². The summed E-state index contributed by atoms with van der Waals surface area (Å²) < 4.78 is 7.68. The summed E-state index contributed by atoms with van der Waals surface area (Å²) in [6, 6.07) is 6.66. The molecule has 0 N–H and O–H groups in total. The third-order valence-electron chi connectivity index (χ3n) is 3.72. The van der Waals surface area contributed by atoms with Gasteiger partial charge in [0.1, 0.15) is 0 Å². The maximum absolute atomic E-state index is 10.7. The highest BCUT2D eigenvalue weighted by Gasteiger charge is 2.21. The Hall–Kier alpha value is -2.41. The Kier molecular flexibility index (Phi) is 4.06. The number of benzene rings is 1. The van der Waals surface area contributed by atoms with Gasteiger partial charge in [-0.3, -0.25) is 14.8 Å². The van der Waals surface area contributed by atoms with Gasteiger partial charge in [0.25, 0.3) is 5.69 Å². The van der Waals surface area contributed by atoms with Gasteiger partial charge < -0.3 is 9.64 Å². The molecular formula is C15H18N4O3. The van der Waals surface area contributed by atoms with Gasteiger partial charge in [0, 0.05) is 37.1 Å². The molecule has 1 atom stereocenters. The van der Waals surface area contributed by atoms with E-state index >= 15 is 0 Å². The minimum atomic E-state index is -0.383. The lowest BCUT2D eigenvalue weighted by Gasteiger charge is -2.34. The van der Waals surface area contributed by atoms with E-state index in [0.717, 1.165) is 24.3 Å². The lowest BCUT2D eigenvalue weighted by atomic mass is 10.2. The molecule has 0 saturated carbocycles. The van der Waals surface area contributed by atoms with Gasteiger partial charge in [0.05, 0.1) is 30.4 Å². The number of nitro benzene ring substituents is 1. The van der Waals surface area contributed by atoms with Crippen LogP contribution in [-0.4, -0.2) is 40.5 Å². The second kappa shape index (κ2) is 6.15. The molecule has 1 aromatic carbocycles. The van der Waals surface area contributed by atoms with E-state index in [1.165, 1.54) is 12.1 Å². The quantitative estimate of drug-likeness (QED) is 0.638. The number of anilines is 1. The van der Waals surface area contributed by atoms with E-state index in [4.69, 9.17) is 4.74 Å². The maximum atomic E-state index is 10.7. The minimum Gasteiger partial charge on any atom is -0.373 e. The van der Waals surface area contributed by atoms with Crippen LogP contribution in [0.3, 0.4) is 0 Å². The van der Waals surface area contributed by atoms with E-state index in [0.29, 0.717) is 13.2 Å². The number of rotatable bonds is 4. The van der Waals surface area contributed by atoms with Crippen molar-refractivity contribution in [3.63, 3.8) is 0 Å². The van der Waals surface area contributed by atoms with Crippen molar-refractivity contribution in [2.24, 2.45) is 0 Å². The highest BCUT2D eigenvalue weighted by molar-refractivity contribution is 5.51. The van der Waals surface area contributed by atoms with Crippen LogP contribution in [-0.2, 0) is 11.3 Å². The molecule has 0 aliphatic carbocycles. The number of nitrogens with zero attached hydrogens (tertiary/aromatic N) is 4. The molecule has 22 heavy (non-hydrogen) atoms. The SMILES string of the molecule is Cc1cnn(CC2CN(c3ccc([N+](=O)[O-])cc3)CCO2)c1. The van der Waals surface area contributed by atoms with Crippen LogP contribution >= 0.6 is 0 Å². The summed E-state index contributed by atoms with van der Waals surface area (Å²) in [4.78, 5) is 12.5. The van der Waals surface area contributed by atoms with Crippen molar-refractivity contribution < 1.29 is 9.66 Å². The molecule has 2 heterocycles. The smallest absolute Gasteiger partial charge is 0.269 e. The Morgan fingerprint density at radius 1 is 1.41 bits per heavy atom. The highest BCUT2D eigenvalue weighted by Crippen LogP contribution is 2.21. The van der Waals surface area contributed by atoms with Crippen molar-refractivity contribution >= 4 is 11.4 Å². The fraction of sp³-hybridized carbons (Fsp3) is 0.400. The topological polar surface area (TPSA) is 73.4 Å². The van der Waals surface area contributed by atoms with E-state index in [2.05, 4.69) is 10.00 Å². The van der Waals surface area contributed by atoms with E-state index in [9.17, 15) is 10.1 Å². The standard InChI is InChI=1S/C15H18N4O3/c1-12-8-16-18(9-12)11-15-10-17(6-7-22-15)13-2-4-14(5-3-13)19(20)21/h2-5,8-9,15H,6-7,10-11H2,1H3. The molecule has 0 bridgehead atoms. The molecule has 1 aliphatic rings. The molecule has 7 nitrogen and oxygen atoms in total. The summed E-state index contributed by atoms with van der Waals surface area (Å²) >= 11 is 0. The van der Waals surface area contributed by atoms with Gasteiger partial charge >= 0.3 is 0 Å². The molecule has 7 heteroatoms. The fourth-order valence-corrected chi connectivity index (χ4v) is 2.62. The molecule has 0 radical (unpaired) electrons. The first-order chi connectivity index (χ1) is 10.6. The van der Waals surface area contributed by atoms with Crippen molar-refractivity contribution in [1.82, 2.24) is 9.78 Å². The summed E-state index contributed by atoms with van der Waals surface area (Å²) in [7, 11) is 0. The lowest BCUT2D eigenvalue weighted by Crippen LogP contribution is -2.44. The fourth-order valence-electron chi connectivity index (χ4n) is 2.62. The van der Waals surface area contributed by atoms with E-state index in [1.807, 2.05) is 24.0 Å². The Bertz CT molecular complexity index is 653. The van der Waals surface area contributed by atoms with E-state index < -0.39 is 0 Å². The predicted molar refractivity (Wildman–Crippen MR) is 82.0 cm³/mol. The van der Waals surface area contributed by atoms with Crippen molar-refractivity contribution in [1.29, 1.82) is 0 Å². The normalized spacial score (nSPS) is 18.4. The number of hydrogen-bond donors (Lipinski definition) is 0. The van der Waals surface area contributed by atoms with Gasteiger partial charge in [-0.25, -0.2) is 0 Å². The second-order valence-corrected chi connectivity index (χ2v) is 5.45. The molecule has 2 aromatic rings. The lowest BCUT2D eigenvalue weighted by molar-refractivity contribution is -0.384. The minimum absolute atomic E-state index is 0.0586. The molecule has 116 valence electrons. The zero-order valence-electron chi connectivity index (χ0n) is 12.4. The van der Waals surface area contributed by atoms with Crippen molar-refractivity contribution in [2.75, 3.05) is 24.6 Å². The van der Waals surface area contributed by atoms with Gasteiger partial charge in [0.15, 0.2) is 0 Å². The zero-order valence-corrected chi connectivity index (χ0v) is 12.4. The summed E-state index contributed by atoms with van der Waals surface area (Å²) in [6.07, 6.45) is 3.88. The van der Waals surface area contributed by atoms with Crippen LogP contribution in [0.25, 0.3) is 0 Å². The van der Waals surface area contributed by atoms with Gasteiger partial charge in [-0.05, 0) is 24.6 Å². The van der Waals surface area contributed by atoms with Crippen LogP contribution in [0.2, 0.25) is 0 Å². The Balaban J connectivity index is 1.66. The second-order valence-electron chi connectivity index (χ2n) is 5.45. The number of aryl methyl sites for hydroxylation is 1. The number of non-ortho nitro benzene ring substituents is 1. The molecule has 0 spiro atoms. The molecule has 3 rings (SSSR count). The summed E-state index contributed by atoms with van der Waals surface area (Å²) in [5.41, 5.74) is 2.22. The molecule has 0 amide bonds. The number of morpholine rings is 1. The molecule has 1 saturated heterocycles. The van der Waals surface area contributed by atoms with Crippen LogP contribution in [0.5, 0.6) is 0 Å². The van der Waals surface area contributed by atoms with Crippen LogP contribution in [0.1, 0.15) is 5.56 Å². The molecular weight excluding hydrogens is 284 g/mol. The Labute approximate surface area is 128 Å². The van der Waals surface area contributed by atoms with Crippen molar-refractivity contribution in [2.45, 2.75) is 19.6 Å². The van der Waals surface area contributed by atoms with Crippen LogP contribution < -0.4 is 4.90 Å². The molecule has 1 fully saturated rings. The van der Waals surface area contributed by atoms with Crippen LogP contribution in [0.15, 0.2) is 36.7 Å². The maximum Gasteiger partial charge on any atom is 0.269 e. The largest absolute Gasteiger partial charge is 0.373 e. The average molecular weight is 302 g/mol. The number of hydrogen-bond acceptors (Lipinski definition) is 5. The number of ether oxygens (including phenoxy) is 1. The van der Waals surface area contributed by atoms with Gasteiger partial charge in [-0.15, -0.1) is 0 Å². The predicted octanol–water partition coefficient (Wildman–Crippen LogP) is 2.01. The van der Waals surface area contributed by atoms with Crippen molar-refractivity contribution in [3.05, 3.63) is 52.3 Å². The third-order valence-corrected chi connectivity index (χ3v) is 3.72. The first-order valence-corrected chi connectivity index (χ1v) is 7.22. The average Bonchev–Trinajstić information content (AvgIpc) is 2.93. The Morgan fingerprint density at radius 3 is 2.82 bits per heavy atom. The van der Waals surface area contributed by atoms with Gasteiger partial charge in [-0.2, -0.15) is 5.10 Å².